The number of ketones is 1. The van der Waals surface area contributed by atoms with Gasteiger partial charge in [0, 0.05) is 40.4 Å². The molecule has 3 atom stereocenters. The maximum atomic E-state index is 13.8. The van der Waals surface area contributed by atoms with Crippen molar-refractivity contribution in [3.63, 3.8) is 0 Å². The van der Waals surface area contributed by atoms with Crippen LogP contribution in [0.1, 0.15) is 68.4 Å². The Morgan fingerprint density at radius 1 is 1.06 bits per heavy atom. The summed E-state index contributed by atoms with van der Waals surface area (Å²) in [4.78, 5) is 32.3. The summed E-state index contributed by atoms with van der Waals surface area (Å²) in [5.74, 6) is -0.487. The van der Waals surface area contributed by atoms with E-state index in [9.17, 15) is 9.59 Å². The number of carbonyl (C=O) groups excluding carboxylic acids is 2. The Bertz CT molecular complexity index is 1280. The van der Waals surface area contributed by atoms with Crippen LogP contribution in [0.15, 0.2) is 58.7 Å². The largest absolute Gasteiger partial charge is 0.462 e. The minimum absolute atomic E-state index is 0.00115. The van der Waals surface area contributed by atoms with Gasteiger partial charge in [0.05, 0.1) is 0 Å². The maximum Gasteiger partial charge on any atom is 0.315 e. The van der Waals surface area contributed by atoms with Gasteiger partial charge in [0.15, 0.2) is 17.3 Å². The Balaban J connectivity index is 1.44. The van der Waals surface area contributed by atoms with Crippen LogP contribution in [0.3, 0.4) is 0 Å². The van der Waals surface area contributed by atoms with Crippen molar-refractivity contribution in [2.24, 2.45) is 10.9 Å². The third kappa shape index (κ3) is 4.11. The number of carbonyl (C=O) groups is 2. The van der Waals surface area contributed by atoms with Crippen molar-refractivity contribution in [3.05, 3.63) is 69.9 Å². The fourth-order valence-corrected chi connectivity index (χ4v) is 6.35. The van der Waals surface area contributed by atoms with E-state index < -0.39 is 11.8 Å². The van der Waals surface area contributed by atoms with Gasteiger partial charge in [-0.25, -0.2) is 0 Å². The van der Waals surface area contributed by atoms with Crippen molar-refractivity contribution in [1.82, 2.24) is 0 Å². The molecule has 1 saturated carbocycles. The maximum absolute atomic E-state index is 13.8. The lowest BCUT2D eigenvalue weighted by molar-refractivity contribution is -0.151. The molecule has 2 aromatic rings. The van der Waals surface area contributed by atoms with Crippen molar-refractivity contribution >= 4 is 29.1 Å². The predicted octanol–water partition coefficient (Wildman–Crippen LogP) is 6.13. The van der Waals surface area contributed by atoms with E-state index in [4.69, 9.17) is 30.8 Å². The first kappa shape index (κ1) is 23.3. The first-order valence-electron chi connectivity index (χ1n) is 12.7. The third-order valence-corrected chi connectivity index (χ3v) is 8.15. The zero-order chi connectivity index (χ0) is 24.8. The third-order valence-electron chi connectivity index (χ3n) is 7.83. The van der Waals surface area contributed by atoms with Gasteiger partial charge in [-0.05, 0) is 62.1 Å². The summed E-state index contributed by atoms with van der Waals surface area (Å²) in [7, 11) is 0. The molecule has 6 nitrogen and oxygen atoms in total. The number of allylic oxidation sites excluding steroid dienone is 2. The summed E-state index contributed by atoms with van der Waals surface area (Å²) in [6.45, 7) is 1.97. The van der Waals surface area contributed by atoms with Crippen LogP contribution in [0, 0.1) is 5.92 Å². The Morgan fingerprint density at radius 2 is 1.78 bits per heavy atom. The molecule has 7 heteroatoms. The molecule has 0 aromatic heterocycles. The molecule has 2 aromatic carbocycles. The minimum Gasteiger partial charge on any atom is -0.462 e. The van der Waals surface area contributed by atoms with E-state index in [1.165, 1.54) is 0 Å². The highest BCUT2D eigenvalue weighted by Gasteiger charge is 2.46. The van der Waals surface area contributed by atoms with Crippen LogP contribution in [-0.2, 0) is 14.3 Å². The molecule has 0 radical (unpaired) electrons. The number of esters is 1. The minimum atomic E-state index is -0.723. The summed E-state index contributed by atoms with van der Waals surface area (Å²) in [5, 5.41) is 0.433. The highest BCUT2D eigenvalue weighted by atomic mass is 35.5. The van der Waals surface area contributed by atoms with Gasteiger partial charge < -0.3 is 14.2 Å². The number of Topliss-reactive ketones (excluding diaryl/α,β-unsaturated/α-hetero) is 1. The number of hydrogen-bond donors (Lipinski definition) is 0. The molecular formula is C29H28ClNO5. The molecule has 1 fully saturated rings. The van der Waals surface area contributed by atoms with Gasteiger partial charge in [-0.3, -0.25) is 14.6 Å². The summed E-state index contributed by atoms with van der Waals surface area (Å²) in [6.07, 6.45) is 4.76. The lowest BCUT2D eigenvalue weighted by atomic mass is 9.69. The van der Waals surface area contributed by atoms with Crippen molar-refractivity contribution in [1.29, 1.82) is 0 Å². The molecule has 6 rings (SSSR count). The van der Waals surface area contributed by atoms with Crippen molar-refractivity contribution in [2.75, 3.05) is 6.79 Å². The van der Waals surface area contributed by atoms with Crippen LogP contribution in [0.5, 0.6) is 11.5 Å². The molecule has 4 aliphatic rings. The number of nitrogens with zero attached hydrogens (tertiary/aromatic N) is 1. The van der Waals surface area contributed by atoms with Crippen LogP contribution in [0.25, 0.3) is 0 Å². The van der Waals surface area contributed by atoms with E-state index in [1.807, 2.05) is 31.2 Å². The number of aliphatic imine (C=N–C) groups is 1. The molecule has 0 N–H and O–H groups in total. The summed E-state index contributed by atoms with van der Waals surface area (Å²) in [6, 6.07) is 13.6. The molecule has 36 heavy (non-hydrogen) atoms. The van der Waals surface area contributed by atoms with Crippen LogP contribution in [-0.4, -0.2) is 30.4 Å². The van der Waals surface area contributed by atoms with Gasteiger partial charge in [-0.2, -0.15) is 0 Å². The summed E-state index contributed by atoms with van der Waals surface area (Å²) in [5.41, 5.74) is 3.74. The van der Waals surface area contributed by atoms with Crippen LogP contribution in [0.2, 0.25) is 5.02 Å². The topological polar surface area (TPSA) is 74.2 Å². The molecule has 2 aliphatic carbocycles. The number of benzene rings is 2. The summed E-state index contributed by atoms with van der Waals surface area (Å²) >= 11 is 6.77. The molecule has 0 amide bonds. The monoisotopic (exact) mass is 505 g/mol. The Labute approximate surface area is 215 Å². The van der Waals surface area contributed by atoms with Crippen LogP contribution in [0.4, 0.5) is 0 Å². The predicted molar refractivity (Wildman–Crippen MR) is 136 cm³/mol. The van der Waals surface area contributed by atoms with Crippen molar-refractivity contribution in [3.8, 4) is 11.5 Å². The molecule has 2 aliphatic heterocycles. The molecule has 0 saturated heterocycles. The molecule has 0 spiro atoms. The van der Waals surface area contributed by atoms with Crippen molar-refractivity contribution in [2.45, 2.75) is 63.4 Å². The first-order chi connectivity index (χ1) is 17.5. The van der Waals surface area contributed by atoms with E-state index in [0.717, 1.165) is 36.9 Å². The Kier molecular flexibility index (Phi) is 6.08. The first-order valence-corrected chi connectivity index (χ1v) is 13.0. The van der Waals surface area contributed by atoms with Gasteiger partial charge >= 0.3 is 5.97 Å². The van der Waals surface area contributed by atoms with Crippen LogP contribution >= 0.6 is 11.6 Å². The zero-order valence-corrected chi connectivity index (χ0v) is 20.9. The van der Waals surface area contributed by atoms with Gasteiger partial charge in [-0.1, -0.05) is 41.9 Å². The smallest absolute Gasteiger partial charge is 0.315 e. The number of ether oxygens (including phenoxy) is 3. The van der Waals surface area contributed by atoms with Gasteiger partial charge in [-0.15, -0.1) is 0 Å². The van der Waals surface area contributed by atoms with Gasteiger partial charge in [0.2, 0.25) is 6.79 Å². The number of rotatable bonds is 4. The highest BCUT2D eigenvalue weighted by Crippen LogP contribution is 2.50. The molecule has 186 valence electrons. The SMILES string of the molecule is CC1=NC2=C(C(=O)C[C@@H](c3ccccc3)C2)[C@H](c2cc3c(cc2Cl)OCO3)C1C(=O)OC1CCCC1. The summed E-state index contributed by atoms with van der Waals surface area (Å²) < 4.78 is 17.1. The second-order valence-electron chi connectivity index (χ2n) is 10.1. The van der Waals surface area contributed by atoms with Crippen molar-refractivity contribution < 1.29 is 23.8 Å². The number of halogens is 1. The van der Waals surface area contributed by atoms with Crippen LogP contribution < -0.4 is 9.47 Å². The zero-order valence-electron chi connectivity index (χ0n) is 20.2. The standard InChI is InChI=1S/C29H28ClNO5/c1-16-26(29(33)36-19-9-5-6-10-19)27(20-13-24-25(14-21(20)30)35-15-34-24)28-22(31-16)11-18(12-23(28)32)17-7-3-2-4-8-17/h2-4,7-8,13-14,18-19,26-27H,5-6,9-12,15H2,1H3/t18-,26?,27+/m0/s1. The Morgan fingerprint density at radius 3 is 2.53 bits per heavy atom. The molecule has 2 heterocycles. The second kappa shape index (κ2) is 9.40. The average Bonchev–Trinajstić information content (AvgIpc) is 3.54. The van der Waals surface area contributed by atoms with Gasteiger partial charge in [0.25, 0.3) is 0 Å². The lowest BCUT2D eigenvalue weighted by Gasteiger charge is -2.37. The highest BCUT2D eigenvalue weighted by molar-refractivity contribution is 6.32. The molecule has 1 unspecified atom stereocenters. The number of fused-ring (bicyclic) bond motifs is 1. The van der Waals surface area contributed by atoms with E-state index in [1.54, 1.807) is 6.07 Å². The van der Waals surface area contributed by atoms with E-state index in [2.05, 4.69) is 12.1 Å². The van der Waals surface area contributed by atoms with E-state index in [0.29, 0.717) is 46.2 Å². The lowest BCUT2D eigenvalue weighted by Crippen LogP contribution is -2.39. The quantitative estimate of drug-likeness (QED) is 0.467. The number of hydrogen-bond acceptors (Lipinski definition) is 6. The molecule has 0 bridgehead atoms. The normalized spacial score (nSPS) is 25.6. The molecular weight excluding hydrogens is 478 g/mol. The fraction of sp³-hybridized carbons (Fsp3) is 0.414. The fourth-order valence-electron chi connectivity index (χ4n) is 6.08. The second-order valence-corrected chi connectivity index (χ2v) is 10.5. The van der Waals surface area contributed by atoms with E-state index >= 15 is 0 Å². The Hall–Kier alpha value is -3.12. The van der Waals surface area contributed by atoms with Gasteiger partial charge in [0.1, 0.15) is 12.0 Å². The average molecular weight is 506 g/mol. The van der Waals surface area contributed by atoms with E-state index in [-0.39, 0.29) is 30.6 Å².